The zero-order valence-corrected chi connectivity index (χ0v) is 12.1. The van der Waals surface area contributed by atoms with Crippen molar-refractivity contribution in [3.8, 4) is 0 Å². The van der Waals surface area contributed by atoms with Crippen LogP contribution in [0.15, 0.2) is 0 Å². The molecule has 1 aromatic heterocycles. The smallest absolute Gasteiger partial charge is 0.274 e. The molecule has 1 aliphatic rings. The molecule has 124 valence electrons. The molecule has 0 aromatic carbocycles. The molecule has 0 radical (unpaired) electrons. The molecule has 0 amide bonds. The highest BCUT2D eigenvalue weighted by Crippen LogP contribution is 2.30. The summed E-state index contributed by atoms with van der Waals surface area (Å²) in [7, 11) is -3.88. The van der Waals surface area contributed by atoms with E-state index in [1.807, 2.05) is 0 Å². The van der Waals surface area contributed by atoms with Gasteiger partial charge in [0.25, 0.3) is 22.1 Å². The summed E-state index contributed by atoms with van der Waals surface area (Å²) in [6, 6.07) is 0. The van der Waals surface area contributed by atoms with Gasteiger partial charge in [-0.05, 0) is 18.8 Å². The fourth-order valence-corrected chi connectivity index (χ4v) is 2.89. The maximum atomic E-state index is 13.7. The molecule has 1 atom stereocenters. The molecule has 6 nitrogen and oxygen atoms in total. The van der Waals surface area contributed by atoms with Crippen LogP contribution in [0, 0.1) is 29.4 Å². The summed E-state index contributed by atoms with van der Waals surface area (Å²) in [5, 5.41) is 4.81. The van der Waals surface area contributed by atoms with Gasteiger partial charge in [-0.2, -0.15) is 31.0 Å². The molecule has 0 aliphatic carbocycles. The normalized spacial score (nSPS) is 19.5. The third-order valence-electron chi connectivity index (χ3n) is 3.38. The van der Waals surface area contributed by atoms with E-state index >= 15 is 0 Å². The zero-order chi connectivity index (χ0) is 16.5. The van der Waals surface area contributed by atoms with E-state index in [4.69, 9.17) is 5.14 Å². The molecule has 1 aromatic rings. The van der Waals surface area contributed by atoms with Gasteiger partial charge in [-0.25, -0.2) is 9.86 Å². The Morgan fingerprint density at radius 2 is 1.82 bits per heavy atom. The maximum absolute atomic E-state index is 13.7. The first-order valence-corrected chi connectivity index (χ1v) is 7.96. The molecule has 0 saturated carbocycles. The van der Waals surface area contributed by atoms with Crippen molar-refractivity contribution in [1.82, 2.24) is 9.71 Å². The van der Waals surface area contributed by atoms with E-state index in [0.29, 0.717) is 12.8 Å². The summed E-state index contributed by atoms with van der Waals surface area (Å²) >= 11 is 0. The lowest BCUT2D eigenvalue weighted by molar-refractivity contribution is 0.380. The topological polar surface area (TPSA) is 88.3 Å². The highest BCUT2D eigenvalue weighted by atomic mass is 32.2. The summed E-state index contributed by atoms with van der Waals surface area (Å²) < 4.78 is 77.5. The number of piperidine rings is 1. The minimum atomic E-state index is -3.88. The lowest BCUT2D eigenvalue weighted by atomic mass is 9.98. The van der Waals surface area contributed by atoms with Gasteiger partial charge < -0.3 is 4.90 Å². The minimum absolute atomic E-state index is 0.0270. The molecule has 2 rings (SSSR count). The van der Waals surface area contributed by atoms with Crippen molar-refractivity contribution >= 4 is 15.9 Å². The van der Waals surface area contributed by atoms with Crippen LogP contribution in [-0.2, 0) is 10.2 Å². The van der Waals surface area contributed by atoms with Crippen molar-refractivity contribution in [2.75, 3.05) is 24.5 Å². The van der Waals surface area contributed by atoms with E-state index in [2.05, 4.69) is 9.71 Å². The van der Waals surface area contributed by atoms with E-state index in [9.17, 15) is 26.0 Å². The molecule has 1 aliphatic heterocycles. The lowest BCUT2D eigenvalue weighted by Gasteiger charge is -2.34. The molecule has 1 saturated heterocycles. The lowest BCUT2D eigenvalue weighted by Crippen LogP contribution is -2.43. The fraction of sp³-hybridized carbons (Fsp3) is 0.545. The number of nitrogens with one attached hydrogen (secondary N) is 1. The molecule has 0 spiro atoms. The fourth-order valence-electron chi connectivity index (χ4n) is 2.42. The SMILES string of the molecule is NS(=O)(=O)NCC1CCCN(c2c(F)c(F)nc(F)c2F)C1. The second-order valence-corrected chi connectivity index (χ2v) is 6.40. The Kier molecular flexibility index (Phi) is 4.87. The van der Waals surface area contributed by atoms with Gasteiger partial charge in [-0.15, -0.1) is 0 Å². The Bertz CT molecular complexity index is 644. The summed E-state index contributed by atoms with van der Waals surface area (Å²) in [5.41, 5.74) is -0.828. The van der Waals surface area contributed by atoms with Crippen molar-refractivity contribution < 1.29 is 26.0 Å². The quantitative estimate of drug-likeness (QED) is 0.621. The average Bonchev–Trinajstić information content (AvgIpc) is 2.43. The standard InChI is InChI=1S/C11H14F4N4O2S/c12-7-9(8(13)11(15)18-10(7)14)19-3-1-2-6(5-19)4-17-22(16,20)21/h6,17H,1-5H2,(H2,16,20,21). The number of rotatable bonds is 4. The first-order valence-electron chi connectivity index (χ1n) is 6.41. The van der Waals surface area contributed by atoms with Gasteiger partial charge >= 0.3 is 0 Å². The summed E-state index contributed by atoms with van der Waals surface area (Å²) in [6.45, 7) is 0.177. The number of hydrogen-bond donors (Lipinski definition) is 2. The number of halogens is 4. The third kappa shape index (κ3) is 3.84. The maximum Gasteiger partial charge on any atom is 0.274 e. The van der Waals surface area contributed by atoms with Crippen LogP contribution in [0.2, 0.25) is 0 Å². The second-order valence-electron chi connectivity index (χ2n) is 5.02. The second kappa shape index (κ2) is 6.34. The van der Waals surface area contributed by atoms with Gasteiger partial charge in [-0.3, -0.25) is 0 Å². The number of anilines is 1. The molecule has 0 bridgehead atoms. The molecule has 1 unspecified atom stereocenters. The van der Waals surface area contributed by atoms with Crippen molar-refractivity contribution in [2.45, 2.75) is 12.8 Å². The Morgan fingerprint density at radius 3 is 2.36 bits per heavy atom. The monoisotopic (exact) mass is 342 g/mol. The number of aromatic nitrogens is 1. The van der Waals surface area contributed by atoms with Gasteiger partial charge in [0, 0.05) is 19.6 Å². The predicted octanol–water partition coefficient (Wildman–Crippen LogP) is 0.647. The van der Waals surface area contributed by atoms with Gasteiger partial charge in [0.2, 0.25) is 11.6 Å². The highest BCUT2D eigenvalue weighted by molar-refractivity contribution is 7.87. The van der Waals surface area contributed by atoms with E-state index in [0.717, 1.165) is 4.90 Å². The molecule has 11 heteroatoms. The van der Waals surface area contributed by atoms with Gasteiger partial charge in [0.05, 0.1) is 0 Å². The van der Waals surface area contributed by atoms with Gasteiger partial charge in [0.1, 0.15) is 5.69 Å². The molecule has 3 N–H and O–H groups in total. The molecular formula is C11H14F4N4O2S. The van der Waals surface area contributed by atoms with Crippen LogP contribution in [0.5, 0.6) is 0 Å². The van der Waals surface area contributed by atoms with Crippen LogP contribution in [0.4, 0.5) is 23.2 Å². The van der Waals surface area contributed by atoms with Crippen LogP contribution in [0.3, 0.4) is 0 Å². The Hall–Kier alpha value is -1.46. The van der Waals surface area contributed by atoms with Crippen LogP contribution < -0.4 is 14.8 Å². The van der Waals surface area contributed by atoms with Crippen LogP contribution >= 0.6 is 0 Å². The predicted molar refractivity (Wildman–Crippen MR) is 70.1 cm³/mol. The zero-order valence-electron chi connectivity index (χ0n) is 11.3. The summed E-state index contributed by atoms with van der Waals surface area (Å²) in [5.74, 6) is -6.89. The Balaban J connectivity index is 2.20. The van der Waals surface area contributed by atoms with E-state index in [1.165, 1.54) is 0 Å². The number of hydrogen-bond acceptors (Lipinski definition) is 4. The summed E-state index contributed by atoms with van der Waals surface area (Å²) in [6.07, 6.45) is 1.06. The number of pyridine rings is 1. The van der Waals surface area contributed by atoms with E-state index in [1.54, 1.807) is 0 Å². The number of nitrogens with two attached hydrogens (primary N) is 1. The Labute approximate surface area is 124 Å². The highest BCUT2D eigenvalue weighted by Gasteiger charge is 2.29. The first-order chi connectivity index (χ1) is 10.2. The Morgan fingerprint density at radius 1 is 1.23 bits per heavy atom. The number of nitrogens with zero attached hydrogens (tertiary/aromatic N) is 2. The van der Waals surface area contributed by atoms with Crippen molar-refractivity contribution in [3.63, 3.8) is 0 Å². The van der Waals surface area contributed by atoms with Crippen molar-refractivity contribution in [2.24, 2.45) is 11.1 Å². The summed E-state index contributed by atoms with van der Waals surface area (Å²) in [4.78, 5) is 3.63. The molecular weight excluding hydrogens is 328 g/mol. The largest absolute Gasteiger partial charge is 0.366 e. The van der Waals surface area contributed by atoms with Crippen LogP contribution in [0.1, 0.15) is 12.8 Å². The average molecular weight is 342 g/mol. The minimum Gasteiger partial charge on any atom is -0.366 e. The van der Waals surface area contributed by atoms with Crippen molar-refractivity contribution in [1.29, 1.82) is 0 Å². The molecule has 22 heavy (non-hydrogen) atoms. The van der Waals surface area contributed by atoms with Gasteiger partial charge in [0.15, 0.2) is 0 Å². The first kappa shape index (κ1) is 16.9. The van der Waals surface area contributed by atoms with Crippen molar-refractivity contribution in [3.05, 3.63) is 23.5 Å². The van der Waals surface area contributed by atoms with E-state index in [-0.39, 0.29) is 25.6 Å². The molecule has 1 fully saturated rings. The molecule has 2 heterocycles. The van der Waals surface area contributed by atoms with E-state index < -0.39 is 39.4 Å². The van der Waals surface area contributed by atoms with Gasteiger partial charge in [-0.1, -0.05) is 0 Å². The van der Waals surface area contributed by atoms with Crippen LogP contribution in [-0.4, -0.2) is 33.0 Å². The van der Waals surface area contributed by atoms with Crippen LogP contribution in [0.25, 0.3) is 0 Å². The third-order valence-corrected chi connectivity index (χ3v) is 3.95.